The molecule has 1 aliphatic heterocycles. The Morgan fingerprint density at radius 1 is 1.00 bits per heavy atom. The Hall–Kier alpha value is -3.41. The van der Waals surface area contributed by atoms with Gasteiger partial charge in [-0.05, 0) is 45.2 Å². The molecule has 6 heteroatoms. The number of benzene rings is 2. The number of aromatic nitrogens is 5. The van der Waals surface area contributed by atoms with Crippen molar-refractivity contribution in [3.05, 3.63) is 83.8 Å². The Morgan fingerprint density at radius 3 is 2.34 bits per heavy atom. The Balaban J connectivity index is 1.57. The van der Waals surface area contributed by atoms with Crippen LogP contribution in [0.1, 0.15) is 57.1 Å². The molecule has 1 aliphatic rings. The van der Waals surface area contributed by atoms with Crippen LogP contribution in [0.25, 0.3) is 11.4 Å². The highest BCUT2D eigenvalue weighted by atomic mass is 15.4. The lowest BCUT2D eigenvalue weighted by Gasteiger charge is -2.38. The first-order chi connectivity index (χ1) is 15.3. The second-order valence-electron chi connectivity index (χ2n) is 9.82. The topological polar surface area (TPSA) is 60.6 Å². The minimum atomic E-state index is -0.302. The third kappa shape index (κ3) is 3.30. The fraction of sp³-hybridized carbons (Fsp3) is 0.346. The zero-order valence-electron chi connectivity index (χ0n) is 19.4. The average Bonchev–Trinajstić information content (AvgIpc) is 3.39. The summed E-state index contributed by atoms with van der Waals surface area (Å²) >= 11 is 0. The molecular weight excluding hydrogens is 396 g/mol. The van der Waals surface area contributed by atoms with E-state index in [0.29, 0.717) is 0 Å². The monoisotopic (exact) mass is 426 g/mol. The lowest BCUT2D eigenvalue weighted by atomic mass is 9.84. The van der Waals surface area contributed by atoms with Gasteiger partial charge in [0.1, 0.15) is 5.82 Å². The van der Waals surface area contributed by atoms with Gasteiger partial charge in [0, 0.05) is 7.05 Å². The molecule has 164 valence electrons. The summed E-state index contributed by atoms with van der Waals surface area (Å²) in [4.78, 5) is 5.01. The molecule has 0 saturated carbocycles. The zero-order chi connectivity index (χ0) is 22.5. The maximum atomic E-state index is 5.01. The van der Waals surface area contributed by atoms with E-state index in [9.17, 15) is 0 Å². The molecule has 0 bridgehead atoms. The van der Waals surface area contributed by atoms with E-state index in [1.807, 2.05) is 24.0 Å². The standard InChI is InChI=1S/C26H30N6/c1-25(2)16-21(18-12-8-6-9-13-18)28-23-20(17-27-32(23)25)22-29-24(30-31(22)5)26(3,4)19-14-10-7-11-15-19/h6-15,17,21,28H,16H2,1-5H3. The lowest BCUT2D eigenvalue weighted by Crippen LogP contribution is -2.37. The Kier molecular flexibility index (Phi) is 4.69. The molecular formula is C26H30N6. The molecule has 32 heavy (non-hydrogen) atoms. The van der Waals surface area contributed by atoms with E-state index >= 15 is 0 Å². The normalized spacial score (nSPS) is 17.6. The molecule has 0 radical (unpaired) electrons. The van der Waals surface area contributed by atoms with Gasteiger partial charge in [0.15, 0.2) is 11.6 Å². The Morgan fingerprint density at radius 2 is 1.66 bits per heavy atom. The first-order valence-electron chi connectivity index (χ1n) is 11.1. The van der Waals surface area contributed by atoms with Crippen molar-refractivity contribution in [3.8, 4) is 11.4 Å². The van der Waals surface area contributed by atoms with Gasteiger partial charge in [-0.2, -0.15) is 10.2 Å². The number of hydrogen-bond donors (Lipinski definition) is 1. The van der Waals surface area contributed by atoms with Gasteiger partial charge in [0.05, 0.1) is 28.8 Å². The molecule has 0 fully saturated rings. The van der Waals surface area contributed by atoms with Crippen LogP contribution >= 0.6 is 0 Å². The molecule has 0 amide bonds. The van der Waals surface area contributed by atoms with E-state index in [1.165, 1.54) is 11.1 Å². The highest BCUT2D eigenvalue weighted by Gasteiger charge is 2.37. The highest BCUT2D eigenvalue weighted by Crippen LogP contribution is 2.42. The van der Waals surface area contributed by atoms with E-state index in [2.05, 4.69) is 92.3 Å². The molecule has 0 aliphatic carbocycles. The molecule has 0 saturated heterocycles. The van der Waals surface area contributed by atoms with Crippen LogP contribution in [0.2, 0.25) is 0 Å². The Labute approximate surface area is 189 Å². The van der Waals surface area contributed by atoms with E-state index in [4.69, 9.17) is 15.2 Å². The molecule has 1 atom stereocenters. The number of hydrogen-bond acceptors (Lipinski definition) is 4. The van der Waals surface area contributed by atoms with Crippen LogP contribution in [-0.4, -0.2) is 24.5 Å². The summed E-state index contributed by atoms with van der Waals surface area (Å²) in [6, 6.07) is 21.2. The van der Waals surface area contributed by atoms with Crippen LogP contribution in [0.5, 0.6) is 0 Å². The van der Waals surface area contributed by atoms with Crippen molar-refractivity contribution in [2.45, 2.75) is 51.1 Å². The van der Waals surface area contributed by atoms with Crippen LogP contribution in [0.3, 0.4) is 0 Å². The summed E-state index contributed by atoms with van der Waals surface area (Å²) in [5.74, 6) is 2.62. The van der Waals surface area contributed by atoms with Crippen molar-refractivity contribution < 1.29 is 0 Å². The smallest absolute Gasteiger partial charge is 0.163 e. The number of nitrogens with zero attached hydrogens (tertiary/aromatic N) is 5. The van der Waals surface area contributed by atoms with Crippen molar-refractivity contribution >= 4 is 5.82 Å². The quantitative estimate of drug-likeness (QED) is 0.481. The molecule has 5 rings (SSSR count). The van der Waals surface area contributed by atoms with Crippen molar-refractivity contribution in [1.82, 2.24) is 24.5 Å². The number of nitrogens with one attached hydrogen (secondary N) is 1. The SMILES string of the molecule is Cn1nc(C(C)(C)c2ccccc2)nc1-c1cnn2c1NC(c1ccccc1)CC2(C)C. The van der Waals surface area contributed by atoms with Gasteiger partial charge in [-0.25, -0.2) is 14.3 Å². The van der Waals surface area contributed by atoms with Crippen molar-refractivity contribution in [2.24, 2.45) is 7.05 Å². The molecule has 0 spiro atoms. The number of fused-ring (bicyclic) bond motifs is 1. The summed E-state index contributed by atoms with van der Waals surface area (Å²) in [7, 11) is 1.96. The summed E-state index contributed by atoms with van der Waals surface area (Å²) in [5.41, 5.74) is 3.03. The minimum absolute atomic E-state index is 0.121. The first kappa shape index (κ1) is 20.5. The van der Waals surface area contributed by atoms with Gasteiger partial charge in [-0.3, -0.25) is 0 Å². The van der Waals surface area contributed by atoms with E-state index in [1.54, 1.807) is 0 Å². The number of aryl methyl sites for hydroxylation is 1. The van der Waals surface area contributed by atoms with Gasteiger partial charge in [-0.15, -0.1) is 0 Å². The molecule has 6 nitrogen and oxygen atoms in total. The van der Waals surface area contributed by atoms with Crippen LogP contribution in [0.4, 0.5) is 5.82 Å². The van der Waals surface area contributed by atoms with Gasteiger partial charge in [0.2, 0.25) is 0 Å². The third-order valence-corrected chi connectivity index (χ3v) is 6.62. The zero-order valence-corrected chi connectivity index (χ0v) is 19.4. The summed E-state index contributed by atoms with van der Waals surface area (Å²) in [6.45, 7) is 8.82. The average molecular weight is 427 g/mol. The van der Waals surface area contributed by atoms with Gasteiger partial charge in [-0.1, -0.05) is 60.7 Å². The summed E-state index contributed by atoms with van der Waals surface area (Å²) < 4.78 is 3.97. The summed E-state index contributed by atoms with van der Waals surface area (Å²) in [6.07, 6.45) is 2.87. The van der Waals surface area contributed by atoms with Gasteiger partial charge in [0.25, 0.3) is 0 Å². The fourth-order valence-corrected chi connectivity index (χ4v) is 4.67. The lowest BCUT2D eigenvalue weighted by molar-refractivity contribution is 0.263. The van der Waals surface area contributed by atoms with Crippen molar-refractivity contribution in [1.29, 1.82) is 0 Å². The van der Waals surface area contributed by atoms with E-state index in [-0.39, 0.29) is 17.0 Å². The van der Waals surface area contributed by atoms with Crippen LogP contribution in [-0.2, 0) is 18.0 Å². The largest absolute Gasteiger partial charge is 0.363 e. The van der Waals surface area contributed by atoms with Gasteiger partial charge < -0.3 is 5.32 Å². The molecule has 4 aromatic rings. The predicted molar refractivity (Wildman–Crippen MR) is 128 cm³/mol. The summed E-state index contributed by atoms with van der Waals surface area (Å²) in [5, 5.41) is 13.3. The molecule has 1 N–H and O–H groups in total. The first-order valence-corrected chi connectivity index (χ1v) is 11.1. The van der Waals surface area contributed by atoms with Gasteiger partial charge >= 0.3 is 0 Å². The maximum Gasteiger partial charge on any atom is 0.163 e. The fourth-order valence-electron chi connectivity index (χ4n) is 4.67. The number of anilines is 1. The second kappa shape index (κ2) is 7.33. The van der Waals surface area contributed by atoms with Crippen molar-refractivity contribution in [2.75, 3.05) is 5.32 Å². The van der Waals surface area contributed by atoms with E-state index < -0.39 is 0 Å². The van der Waals surface area contributed by atoms with Crippen LogP contribution in [0.15, 0.2) is 66.9 Å². The highest BCUT2D eigenvalue weighted by molar-refractivity contribution is 5.71. The second-order valence-corrected chi connectivity index (χ2v) is 9.82. The minimum Gasteiger partial charge on any atom is -0.363 e. The van der Waals surface area contributed by atoms with Crippen molar-refractivity contribution in [3.63, 3.8) is 0 Å². The predicted octanol–water partition coefficient (Wildman–Crippen LogP) is 5.30. The Bertz CT molecular complexity index is 1230. The van der Waals surface area contributed by atoms with Crippen LogP contribution in [0, 0.1) is 0 Å². The van der Waals surface area contributed by atoms with E-state index in [0.717, 1.165) is 29.5 Å². The van der Waals surface area contributed by atoms with Crippen LogP contribution < -0.4 is 5.32 Å². The molecule has 1 unspecified atom stereocenters. The number of rotatable bonds is 4. The molecule has 2 aromatic heterocycles. The molecule has 3 heterocycles. The third-order valence-electron chi connectivity index (χ3n) is 6.62. The molecule has 2 aromatic carbocycles. The maximum absolute atomic E-state index is 5.01.